The average molecular weight is 275 g/mol. The van der Waals surface area contributed by atoms with Gasteiger partial charge >= 0.3 is 0 Å². The van der Waals surface area contributed by atoms with E-state index >= 15 is 0 Å². The molecular formula is C14H21N5O. The number of nitrogens with zero attached hydrogens (tertiary/aromatic N) is 4. The summed E-state index contributed by atoms with van der Waals surface area (Å²) in [6.45, 7) is 4.30. The number of tetrazole rings is 1. The van der Waals surface area contributed by atoms with Gasteiger partial charge in [0.1, 0.15) is 5.75 Å². The normalized spacial score (nSPS) is 12.3. The molecule has 0 spiro atoms. The summed E-state index contributed by atoms with van der Waals surface area (Å²) < 4.78 is 7.26. The third-order valence-corrected chi connectivity index (χ3v) is 3.40. The van der Waals surface area contributed by atoms with Crippen molar-refractivity contribution in [3.8, 4) is 17.1 Å². The molecule has 108 valence electrons. The fourth-order valence-corrected chi connectivity index (χ4v) is 2.35. The summed E-state index contributed by atoms with van der Waals surface area (Å²) in [7, 11) is 1.63. The number of nitrogens with two attached hydrogens (primary N) is 1. The van der Waals surface area contributed by atoms with Crippen LogP contribution >= 0.6 is 0 Å². The van der Waals surface area contributed by atoms with Crippen molar-refractivity contribution in [1.82, 2.24) is 20.2 Å². The summed E-state index contributed by atoms with van der Waals surface area (Å²) in [6, 6.07) is 5.78. The molecule has 0 saturated carbocycles. The monoisotopic (exact) mass is 275 g/mol. The number of aromatic nitrogens is 4. The molecule has 1 aromatic heterocycles. The van der Waals surface area contributed by atoms with Gasteiger partial charge in [-0.1, -0.05) is 20.3 Å². The summed E-state index contributed by atoms with van der Waals surface area (Å²) in [5.41, 5.74) is 7.36. The topological polar surface area (TPSA) is 78.9 Å². The minimum absolute atomic E-state index is 0.288. The van der Waals surface area contributed by atoms with Gasteiger partial charge in [-0.25, -0.2) is 4.68 Å². The van der Waals surface area contributed by atoms with Crippen LogP contribution in [0.25, 0.3) is 11.4 Å². The molecule has 1 aromatic carbocycles. The van der Waals surface area contributed by atoms with Crippen LogP contribution in [0.4, 0.5) is 5.69 Å². The van der Waals surface area contributed by atoms with E-state index in [1.165, 1.54) is 0 Å². The van der Waals surface area contributed by atoms with E-state index < -0.39 is 0 Å². The molecule has 0 aliphatic carbocycles. The molecule has 1 atom stereocenters. The summed E-state index contributed by atoms with van der Waals surface area (Å²) in [5.74, 6) is 1.43. The minimum atomic E-state index is 0.288. The van der Waals surface area contributed by atoms with Gasteiger partial charge in [0, 0.05) is 5.69 Å². The van der Waals surface area contributed by atoms with Gasteiger partial charge in [-0.15, -0.1) is 5.10 Å². The standard InChI is InChI=1S/C14H21N5O/c1-4-6-11(5-2)19-14(16-17-18-19)12-9-10(15)7-8-13(12)20-3/h7-9,11H,4-6,15H2,1-3H3. The Morgan fingerprint density at radius 2 is 2.15 bits per heavy atom. The molecule has 0 bridgehead atoms. The Labute approximate surface area is 118 Å². The molecule has 0 fully saturated rings. The molecule has 6 heteroatoms. The Balaban J connectivity index is 2.48. The van der Waals surface area contributed by atoms with E-state index in [1.807, 2.05) is 16.8 Å². The van der Waals surface area contributed by atoms with Crippen LogP contribution in [0.2, 0.25) is 0 Å². The highest BCUT2D eigenvalue weighted by atomic mass is 16.5. The highest BCUT2D eigenvalue weighted by Gasteiger charge is 2.19. The molecule has 2 aromatic rings. The van der Waals surface area contributed by atoms with Crippen LogP contribution in [0.5, 0.6) is 5.75 Å². The number of benzene rings is 1. The van der Waals surface area contributed by atoms with Crippen molar-refractivity contribution in [2.24, 2.45) is 0 Å². The van der Waals surface area contributed by atoms with Crippen LogP contribution < -0.4 is 10.5 Å². The Bertz CT molecular complexity index is 566. The molecule has 2 N–H and O–H groups in total. The van der Waals surface area contributed by atoms with Crippen molar-refractivity contribution in [1.29, 1.82) is 0 Å². The van der Waals surface area contributed by atoms with Crippen molar-refractivity contribution in [2.45, 2.75) is 39.2 Å². The van der Waals surface area contributed by atoms with Crippen LogP contribution in [0.15, 0.2) is 18.2 Å². The van der Waals surface area contributed by atoms with E-state index in [0.29, 0.717) is 11.5 Å². The molecule has 1 unspecified atom stereocenters. The number of ether oxygens (including phenoxy) is 1. The number of hydrogen-bond acceptors (Lipinski definition) is 5. The first kappa shape index (κ1) is 14.3. The Morgan fingerprint density at radius 1 is 1.35 bits per heavy atom. The Morgan fingerprint density at radius 3 is 2.80 bits per heavy atom. The van der Waals surface area contributed by atoms with E-state index in [-0.39, 0.29) is 6.04 Å². The molecule has 0 aliphatic rings. The van der Waals surface area contributed by atoms with Gasteiger partial charge in [-0.05, 0) is 41.5 Å². The lowest BCUT2D eigenvalue weighted by molar-refractivity contribution is 0.399. The van der Waals surface area contributed by atoms with E-state index in [0.717, 1.165) is 30.6 Å². The molecule has 0 radical (unpaired) electrons. The largest absolute Gasteiger partial charge is 0.496 e. The predicted octanol–water partition coefficient (Wildman–Crippen LogP) is 2.68. The van der Waals surface area contributed by atoms with E-state index in [4.69, 9.17) is 10.5 Å². The Kier molecular flexibility index (Phi) is 4.55. The summed E-state index contributed by atoms with van der Waals surface area (Å²) in [4.78, 5) is 0. The molecule has 0 amide bonds. The minimum Gasteiger partial charge on any atom is -0.496 e. The first-order valence-electron chi connectivity index (χ1n) is 6.93. The summed E-state index contributed by atoms with van der Waals surface area (Å²) in [5, 5.41) is 12.1. The molecular weight excluding hydrogens is 254 g/mol. The fourth-order valence-electron chi connectivity index (χ4n) is 2.35. The molecule has 0 saturated heterocycles. The first-order valence-corrected chi connectivity index (χ1v) is 6.93. The predicted molar refractivity (Wildman–Crippen MR) is 78.5 cm³/mol. The first-order chi connectivity index (χ1) is 9.71. The van der Waals surface area contributed by atoms with E-state index in [9.17, 15) is 0 Å². The maximum Gasteiger partial charge on any atom is 0.186 e. The summed E-state index contributed by atoms with van der Waals surface area (Å²) in [6.07, 6.45) is 3.11. The molecule has 0 aliphatic heterocycles. The van der Waals surface area contributed by atoms with Crippen LogP contribution in [0, 0.1) is 0 Å². The van der Waals surface area contributed by atoms with Gasteiger partial charge in [-0.2, -0.15) is 0 Å². The van der Waals surface area contributed by atoms with Crippen LogP contribution in [0.3, 0.4) is 0 Å². The van der Waals surface area contributed by atoms with Gasteiger partial charge in [0.15, 0.2) is 5.82 Å². The highest BCUT2D eigenvalue weighted by Crippen LogP contribution is 2.32. The van der Waals surface area contributed by atoms with Crippen molar-refractivity contribution in [3.05, 3.63) is 18.2 Å². The molecule has 20 heavy (non-hydrogen) atoms. The van der Waals surface area contributed by atoms with E-state index in [2.05, 4.69) is 29.4 Å². The van der Waals surface area contributed by atoms with Crippen molar-refractivity contribution >= 4 is 5.69 Å². The van der Waals surface area contributed by atoms with Crippen LogP contribution in [0.1, 0.15) is 39.2 Å². The van der Waals surface area contributed by atoms with Crippen molar-refractivity contribution < 1.29 is 4.74 Å². The van der Waals surface area contributed by atoms with Crippen LogP contribution in [-0.4, -0.2) is 27.3 Å². The number of hydrogen-bond donors (Lipinski definition) is 1. The average Bonchev–Trinajstić information content (AvgIpc) is 2.93. The second-order valence-electron chi connectivity index (χ2n) is 4.76. The zero-order chi connectivity index (χ0) is 14.5. The quantitative estimate of drug-likeness (QED) is 0.820. The maximum atomic E-state index is 5.87. The second kappa shape index (κ2) is 6.36. The third kappa shape index (κ3) is 2.74. The van der Waals surface area contributed by atoms with Gasteiger partial charge in [0.2, 0.25) is 0 Å². The molecule has 2 rings (SSSR count). The smallest absolute Gasteiger partial charge is 0.186 e. The lowest BCUT2D eigenvalue weighted by Crippen LogP contribution is -2.12. The third-order valence-electron chi connectivity index (χ3n) is 3.40. The zero-order valence-corrected chi connectivity index (χ0v) is 12.2. The highest BCUT2D eigenvalue weighted by molar-refractivity contribution is 5.68. The van der Waals surface area contributed by atoms with Gasteiger partial charge in [-0.3, -0.25) is 0 Å². The van der Waals surface area contributed by atoms with Gasteiger partial charge < -0.3 is 10.5 Å². The molecule has 1 heterocycles. The van der Waals surface area contributed by atoms with Gasteiger partial charge in [0.25, 0.3) is 0 Å². The summed E-state index contributed by atoms with van der Waals surface area (Å²) >= 11 is 0. The molecule has 6 nitrogen and oxygen atoms in total. The fraction of sp³-hybridized carbons (Fsp3) is 0.500. The Hall–Kier alpha value is -2.11. The van der Waals surface area contributed by atoms with Crippen LogP contribution in [-0.2, 0) is 0 Å². The second-order valence-corrected chi connectivity index (χ2v) is 4.76. The van der Waals surface area contributed by atoms with Gasteiger partial charge in [0.05, 0.1) is 18.7 Å². The number of nitrogen functional groups attached to an aromatic ring is 1. The lowest BCUT2D eigenvalue weighted by atomic mass is 10.1. The van der Waals surface area contributed by atoms with Crippen molar-refractivity contribution in [3.63, 3.8) is 0 Å². The number of methoxy groups -OCH3 is 1. The lowest BCUT2D eigenvalue weighted by Gasteiger charge is -2.16. The number of rotatable bonds is 6. The van der Waals surface area contributed by atoms with Crippen molar-refractivity contribution in [2.75, 3.05) is 12.8 Å². The zero-order valence-electron chi connectivity index (χ0n) is 12.2. The van der Waals surface area contributed by atoms with E-state index in [1.54, 1.807) is 13.2 Å². The number of anilines is 1. The SMILES string of the molecule is CCCC(CC)n1nnnc1-c1cc(N)ccc1OC. The maximum absolute atomic E-state index is 5.87.